The van der Waals surface area contributed by atoms with Crippen LogP contribution < -0.4 is 15.4 Å². The lowest BCUT2D eigenvalue weighted by atomic mass is 10.1. The van der Waals surface area contributed by atoms with Gasteiger partial charge in [0, 0.05) is 5.69 Å². The average molecular weight is 310 g/mol. The van der Waals surface area contributed by atoms with Crippen LogP contribution in [-0.2, 0) is 0 Å². The lowest BCUT2D eigenvalue weighted by molar-refractivity contribution is 0.0935. The Kier molecular flexibility index (Phi) is 4.51. The van der Waals surface area contributed by atoms with E-state index in [0.29, 0.717) is 11.5 Å². The summed E-state index contributed by atoms with van der Waals surface area (Å²) in [5.74, 6) is 1.44. The number of carbonyl (C=O) groups is 1. The molecule has 1 heterocycles. The summed E-state index contributed by atoms with van der Waals surface area (Å²) < 4.78 is 5.73. The highest BCUT2D eigenvalue weighted by atomic mass is 16.5. The molecule has 0 aliphatic carbocycles. The van der Waals surface area contributed by atoms with Gasteiger partial charge in [0.15, 0.2) is 0 Å². The van der Waals surface area contributed by atoms with Crippen molar-refractivity contribution in [2.24, 2.45) is 5.92 Å². The minimum absolute atomic E-state index is 0.0541. The SMILES string of the molecule is CC(C)CCOc1ccc([C@H]2NC(=O)c3ccccc3N2)cc1. The van der Waals surface area contributed by atoms with Gasteiger partial charge in [-0.2, -0.15) is 0 Å². The van der Waals surface area contributed by atoms with Crippen molar-refractivity contribution in [3.63, 3.8) is 0 Å². The van der Waals surface area contributed by atoms with Crippen LogP contribution in [0.1, 0.15) is 42.4 Å². The minimum Gasteiger partial charge on any atom is -0.494 e. The molecule has 4 nitrogen and oxygen atoms in total. The van der Waals surface area contributed by atoms with Gasteiger partial charge < -0.3 is 15.4 Å². The van der Waals surface area contributed by atoms with Gasteiger partial charge in [0.05, 0.1) is 12.2 Å². The zero-order chi connectivity index (χ0) is 16.2. The third-order valence-corrected chi connectivity index (χ3v) is 3.92. The first-order valence-electron chi connectivity index (χ1n) is 8.02. The monoisotopic (exact) mass is 310 g/mol. The molecule has 0 saturated carbocycles. The second-order valence-corrected chi connectivity index (χ2v) is 6.20. The van der Waals surface area contributed by atoms with E-state index < -0.39 is 0 Å². The molecule has 1 aliphatic rings. The van der Waals surface area contributed by atoms with Crippen molar-refractivity contribution in [3.05, 3.63) is 59.7 Å². The van der Waals surface area contributed by atoms with Gasteiger partial charge in [-0.25, -0.2) is 0 Å². The number of nitrogens with one attached hydrogen (secondary N) is 2. The van der Waals surface area contributed by atoms with Gasteiger partial charge in [0.1, 0.15) is 11.9 Å². The molecule has 120 valence electrons. The maximum Gasteiger partial charge on any atom is 0.255 e. The van der Waals surface area contributed by atoms with Crippen molar-refractivity contribution in [2.75, 3.05) is 11.9 Å². The van der Waals surface area contributed by atoms with Gasteiger partial charge in [-0.1, -0.05) is 38.1 Å². The van der Waals surface area contributed by atoms with Crippen molar-refractivity contribution in [2.45, 2.75) is 26.4 Å². The predicted octanol–water partition coefficient (Wildman–Crippen LogP) is 3.97. The summed E-state index contributed by atoms with van der Waals surface area (Å²) in [5.41, 5.74) is 2.54. The molecule has 0 bridgehead atoms. The Hall–Kier alpha value is -2.49. The predicted molar refractivity (Wildman–Crippen MR) is 91.7 cm³/mol. The molecule has 2 aromatic carbocycles. The van der Waals surface area contributed by atoms with Crippen LogP contribution in [0, 0.1) is 5.92 Å². The molecule has 2 N–H and O–H groups in total. The first-order valence-corrected chi connectivity index (χ1v) is 8.02. The number of hydrogen-bond acceptors (Lipinski definition) is 3. The number of amides is 1. The molecule has 0 fully saturated rings. The molecule has 3 rings (SSSR count). The third-order valence-electron chi connectivity index (χ3n) is 3.92. The lowest BCUT2D eigenvalue weighted by Crippen LogP contribution is -2.38. The summed E-state index contributed by atoms with van der Waals surface area (Å²) in [6.07, 6.45) is 0.820. The van der Waals surface area contributed by atoms with Crippen molar-refractivity contribution in [3.8, 4) is 5.75 Å². The fourth-order valence-corrected chi connectivity index (χ4v) is 2.54. The summed E-state index contributed by atoms with van der Waals surface area (Å²) in [4.78, 5) is 12.2. The van der Waals surface area contributed by atoms with Crippen molar-refractivity contribution < 1.29 is 9.53 Å². The normalized spacial score (nSPS) is 16.5. The van der Waals surface area contributed by atoms with E-state index in [0.717, 1.165) is 30.0 Å². The zero-order valence-electron chi connectivity index (χ0n) is 13.5. The van der Waals surface area contributed by atoms with Crippen LogP contribution in [0.15, 0.2) is 48.5 Å². The smallest absolute Gasteiger partial charge is 0.255 e. The summed E-state index contributed by atoms with van der Waals surface area (Å²) in [6.45, 7) is 5.09. The van der Waals surface area contributed by atoms with E-state index in [1.807, 2.05) is 48.5 Å². The molecule has 1 amide bonds. The molecule has 4 heteroatoms. The van der Waals surface area contributed by atoms with Crippen LogP contribution in [0.5, 0.6) is 5.75 Å². The van der Waals surface area contributed by atoms with Crippen molar-refractivity contribution in [1.29, 1.82) is 0 Å². The first kappa shape index (κ1) is 15.4. The van der Waals surface area contributed by atoms with Gasteiger partial charge in [0.2, 0.25) is 0 Å². The Bertz CT molecular complexity index is 680. The van der Waals surface area contributed by atoms with E-state index in [4.69, 9.17) is 4.74 Å². The highest BCUT2D eigenvalue weighted by Crippen LogP contribution is 2.27. The van der Waals surface area contributed by atoms with Gasteiger partial charge >= 0.3 is 0 Å². The quantitative estimate of drug-likeness (QED) is 0.878. The topological polar surface area (TPSA) is 50.4 Å². The van der Waals surface area contributed by atoms with Gasteiger partial charge in [-0.3, -0.25) is 4.79 Å². The summed E-state index contributed by atoms with van der Waals surface area (Å²) >= 11 is 0. The molecular weight excluding hydrogens is 288 g/mol. The number of ether oxygens (including phenoxy) is 1. The van der Waals surface area contributed by atoms with E-state index in [9.17, 15) is 4.79 Å². The molecule has 1 atom stereocenters. The highest BCUT2D eigenvalue weighted by molar-refractivity contribution is 6.01. The summed E-state index contributed by atoms with van der Waals surface area (Å²) in [7, 11) is 0. The second kappa shape index (κ2) is 6.73. The Balaban J connectivity index is 1.67. The van der Waals surface area contributed by atoms with Crippen molar-refractivity contribution >= 4 is 11.6 Å². The Labute approximate surface area is 136 Å². The number of carbonyl (C=O) groups excluding carboxylic acids is 1. The molecule has 0 aromatic heterocycles. The number of hydrogen-bond donors (Lipinski definition) is 2. The molecule has 0 radical (unpaired) electrons. The zero-order valence-corrected chi connectivity index (χ0v) is 13.5. The minimum atomic E-state index is -0.220. The fourth-order valence-electron chi connectivity index (χ4n) is 2.54. The molecule has 0 spiro atoms. The number of benzene rings is 2. The van der Waals surface area contributed by atoms with Crippen LogP contribution in [0.3, 0.4) is 0 Å². The average Bonchev–Trinajstić information content (AvgIpc) is 2.55. The van der Waals surface area contributed by atoms with Crippen LogP contribution in [0.4, 0.5) is 5.69 Å². The number of fused-ring (bicyclic) bond motifs is 1. The van der Waals surface area contributed by atoms with Crippen LogP contribution in [0.2, 0.25) is 0 Å². The Morgan fingerprint density at radius 2 is 1.78 bits per heavy atom. The van der Waals surface area contributed by atoms with E-state index in [2.05, 4.69) is 24.5 Å². The molecule has 23 heavy (non-hydrogen) atoms. The first-order chi connectivity index (χ1) is 11.1. The molecule has 0 unspecified atom stereocenters. The summed E-state index contributed by atoms with van der Waals surface area (Å²) in [5, 5.41) is 6.32. The summed E-state index contributed by atoms with van der Waals surface area (Å²) in [6, 6.07) is 15.4. The Morgan fingerprint density at radius 3 is 2.52 bits per heavy atom. The standard InChI is InChI=1S/C19H22N2O2/c1-13(2)11-12-23-15-9-7-14(8-10-15)18-20-17-6-4-3-5-16(17)19(22)21-18/h3-10,13,18,20H,11-12H2,1-2H3,(H,21,22)/t18-/m1/s1. The van der Waals surface area contributed by atoms with E-state index in [1.165, 1.54) is 0 Å². The molecule has 0 saturated heterocycles. The van der Waals surface area contributed by atoms with E-state index in [-0.39, 0.29) is 12.1 Å². The van der Waals surface area contributed by atoms with E-state index in [1.54, 1.807) is 0 Å². The van der Waals surface area contributed by atoms with Crippen LogP contribution in [0.25, 0.3) is 0 Å². The number of rotatable bonds is 5. The van der Waals surface area contributed by atoms with Crippen LogP contribution >= 0.6 is 0 Å². The second-order valence-electron chi connectivity index (χ2n) is 6.20. The Morgan fingerprint density at radius 1 is 1.04 bits per heavy atom. The number of para-hydroxylation sites is 1. The molecule has 1 aliphatic heterocycles. The van der Waals surface area contributed by atoms with Crippen molar-refractivity contribution in [1.82, 2.24) is 5.32 Å². The number of anilines is 1. The lowest BCUT2D eigenvalue weighted by Gasteiger charge is -2.28. The third kappa shape index (κ3) is 3.65. The van der Waals surface area contributed by atoms with E-state index >= 15 is 0 Å². The fraction of sp³-hybridized carbons (Fsp3) is 0.316. The molecular formula is C19H22N2O2. The molecule has 2 aromatic rings. The van der Waals surface area contributed by atoms with Gasteiger partial charge in [-0.05, 0) is 42.2 Å². The maximum absolute atomic E-state index is 12.2. The van der Waals surface area contributed by atoms with Gasteiger partial charge in [-0.15, -0.1) is 0 Å². The van der Waals surface area contributed by atoms with Gasteiger partial charge in [0.25, 0.3) is 5.91 Å². The maximum atomic E-state index is 12.2. The largest absolute Gasteiger partial charge is 0.494 e. The van der Waals surface area contributed by atoms with Crippen LogP contribution in [-0.4, -0.2) is 12.5 Å². The highest BCUT2D eigenvalue weighted by Gasteiger charge is 2.23.